The molecule has 2 aliphatic rings. The summed E-state index contributed by atoms with van der Waals surface area (Å²) in [5.74, 6) is 1.30. The molecule has 2 nitrogen and oxygen atoms in total. The van der Waals surface area contributed by atoms with Crippen LogP contribution < -0.4 is 0 Å². The quantitative estimate of drug-likeness (QED) is 0.699. The molecule has 100 valence electrons. The molecular formula is C16H24O2. The molecule has 2 aliphatic carbocycles. The van der Waals surface area contributed by atoms with Crippen LogP contribution >= 0.6 is 0 Å². The van der Waals surface area contributed by atoms with Gasteiger partial charge in [-0.25, -0.2) is 0 Å². The molecule has 2 atom stereocenters. The van der Waals surface area contributed by atoms with E-state index < -0.39 is 0 Å². The van der Waals surface area contributed by atoms with E-state index in [1.807, 2.05) is 0 Å². The van der Waals surface area contributed by atoms with E-state index in [0.29, 0.717) is 24.9 Å². The van der Waals surface area contributed by atoms with E-state index in [-0.39, 0.29) is 11.2 Å². The predicted molar refractivity (Wildman–Crippen MR) is 73.3 cm³/mol. The molecule has 0 aromatic carbocycles. The van der Waals surface area contributed by atoms with Crippen LogP contribution in [0.3, 0.4) is 0 Å². The molecule has 1 saturated carbocycles. The summed E-state index contributed by atoms with van der Waals surface area (Å²) in [4.78, 5) is 12.3. The van der Waals surface area contributed by atoms with Crippen molar-refractivity contribution in [2.75, 3.05) is 13.7 Å². The molecule has 2 rings (SSSR count). The van der Waals surface area contributed by atoms with E-state index in [9.17, 15) is 4.79 Å². The summed E-state index contributed by atoms with van der Waals surface area (Å²) < 4.78 is 5.14. The number of hydrogen-bond donors (Lipinski definition) is 0. The van der Waals surface area contributed by atoms with Crippen molar-refractivity contribution in [3.63, 3.8) is 0 Å². The summed E-state index contributed by atoms with van der Waals surface area (Å²) in [5.41, 5.74) is 2.47. The second-order valence-corrected chi connectivity index (χ2v) is 6.39. The molecule has 2 heteroatoms. The number of hydrogen-bond acceptors (Lipinski definition) is 2. The van der Waals surface area contributed by atoms with E-state index in [4.69, 9.17) is 4.74 Å². The molecule has 0 heterocycles. The molecule has 0 aromatic rings. The van der Waals surface area contributed by atoms with Crippen LogP contribution in [0.4, 0.5) is 0 Å². The fourth-order valence-corrected chi connectivity index (χ4v) is 3.45. The van der Waals surface area contributed by atoms with Gasteiger partial charge in [0.15, 0.2) is 5.78 Å². The minimum atomic E-state index is 0.273. The van der Waals surface area contributed by atoms with Crippen molar-refractivity contribution in [3.8, 4) is 0 Å². The van der Waals surface area contributed by atoms with Crippen molar-refractivity contribution in [3.05, 3.63) is 23.8 Å². The van der Waals surface area contributed by atoms with Gasteiger partial charge in [-0.3, -0.25) is 4.79 Å². The molecule has 0 aromatic heterocycles. The van der Waals surface area contributed by atoms with Gasteiger partial charge < -0.3 is 4.74 Å². The van der Waals surface area contributed by atoms with Gasteiger partial charge in [-0.05, 0) is 36.5 Å². The molecular weight excluding hydrogens is 224 g/mol. The number of ether oxygens (including phenoxy) is 1. The fraction of sp³-hybridized carbons (Fsp3) is 0.688. The zero-order chi connectivity index (χ0) is 13.3. The van der Waals surface area contributed by atoms with Crippen molar-refractivity contribution < 1.29 is 9.53 Å². The van der Waals surface area contributed by atoms with Crippen LogP contribution in [0.2, 0.25) is 0 Å². The first-order valence-electron chi connectivity index (χ1n) is 6.84. The number of carbonyl (C=O) groups is 1. The van der Waals surface area contributed by atoms with Gasteiger partial charge >= 0.3 is 0 Å². The van der Waals surface area contributed by atoms with E-state index in [1.165, 1.54) is 12.0 Å². The maximum atomic E-state index is 12.3. The third-order valence-electron chi connectivity index (χ3n) is 4.68. The van der Waals surface area contributed by atoms with Crippen LogP contribution in [-0.2, 0) is 9.53 Å². The average Bonchev–Trinajstić information content (AvgIpc) is 2.35. The van der Waals surface area contributed by atoms with E-state index in [2.05, 4.69) is 26.5 Å². The smallest absolute Gasteiger partial charge is 0.161 e. The monoisotopic (exact) mass is 248 g/mol. The van der Waals surface area contributed by atoms with Crippen LogP contribution in [0.5, 0.6) is 0 Å². The Morgan fingerprint density at radius 1 is 1.50 bits per heavy atom. The highest BCUT2D eigenvalue weighted by molar-refractivity contribution is 5.96. The Kier molecular flexibility index (Phi) is 3.76. The van der Waals surface area contributed by atoms with Gasteiger partial charge in [-0.2, -0.15) is 0 Å². The summed E-state index contributed by atoms with van der Waals surface area (Å²) in [6.45, 7) is 9.22. The first-order chi connectivity index (χ1) is 8.45. The molecule has 0 bridgehead atoms. The number of Topliss-reactive ketones (excluding diaryl/α,β-unsaturated/α-hetero) is 1. The van der Waals surface area contributed by atoms with Crippen molar-refractivity contribution in [2.24, 2.45) is 17.3 Å². The summed E-state index contributed by atoms with van der Waals surface area (Å²) in [5, 5.41) is 0. The lowest BCUT2D eigenvalue weighted by atomic mass is 9.52. The Morgan fingerprint density at radius 2 is 2.22 bits per heavy atom. The minimum absolute atomic E-state index is 0.273. The number of rotatable bonds is 2. The summed E-state index contributed by atoms with van der Waals surface area (Å²) in [6, 6.07) is 0. The third-order valence-corrected chi connectivity index (χ3v) is 4.68. The minimum Gasteiger partial charge on any atom is -0.380 e. The Bertz CT molecular complexity index is 390. The standard InChI is InChI=1S/C16H24O2/c1-11-6-5-7-12(10-18-4)15(17)8-14-13(11)9-16(14,2)3/h7,13-14H,1,5-6,8-10H2,2-4H3. The molecule has 0 N–H and O–H groups in total. The Morgan fingerprint density at radius 3 is 2.83 bits per heavy atom. The largest absolute Gasteiger partial charge is 0.380 e. The Hall–Kier alpha value is -0.890. The highest BCUT2D eigenvalue weighted by Crippen LogP contribution is 2.56. The van der Waals surface area contributed by atoms with E-state index in [0.717, 1.165) is 18.4 Å². The van der Waals surface area contributed by atoms with Crippen LogP contribution in [-0.4, -0.2) is 19.5 Å². The zero-order valence-corrected chi connectivity index (χ0v) is 11.8. The number of ketones is 1. The van der Waals surface area contributed by atoms with Crippen molar-refractivity contribution in [2.45, 2.75) is 39.5 Å². The lowest BCUT2D eigenvalue weighted by molar-refractivity contribution is -0.121. The van der Waals surface area contributed by atoms with Crippen molar-refractivity contribution in [1.29, 1.82) is 0 Å². The highest BCUT2D eigenvalue weighted by Gasteiger charge is 2.48. The lowest BCUT2D eigenvalue weighted by Gasteiger charge is -2.52. The first-order valence-corrected chi connectivity index (χ1v) is 6.84. The highest BCUT2D eigenvalue weighted by atomic mass is 16.5. The maximum absolute atomic E-state index is 12.3. The molecule has 0 radical (unpaired) electrons. The SMILES string of the molecule is C=C1CCC=C(COC)C(=O)CC2C1CC2(C)C. The maximum Gasteiger partial charge on any atom is 0.161 e. The van der Waals surface area contributed by atoms with Gasteiger partial charge in [0.1, 0.15) is 0 Å². The molecule has 0 saturated heterocycles. The number of allylic oxidation sites excluding steroid dienone is 2. The average molecular weight is 248 g/mol. The molecule has 18 heavy (non-hydrogen) atoms. The number of methoxy groups -OCH3 is 1. The lowest BCUT2D eigenvalue weighted by Crippen LogP contribution is -2.45. The normalized spacial score (nSPS) is 31.6. The van der Waals surface area contributed by atoms with Gasteiger partial charge in [0.2, 0.25) is 0 Å². The first kappa shape index (κ1) is 13.5. The van der Waals surface area contributed by atoms with Crippen LogP contribution in [0, 0.1) is 17.3 Å². The summed E-state index contributed by atoms with van der Waals surface area (Å²) >= 11 is 0. The second kappa shape index (κ2) is 5.00. The fourth-order valence-electron chi connectivity index (χ4n) is 3.45. The third kappa shape index (κ3) is 2.44. The molecule has 2 unspecified atom stereocenters. The van der Waals surface area contributed by atoms with Crippen molar-refractivity contribution in [1.82, 2.24) is 0 Å². The van der Waals surface area contributed by atoms with Gasteiger partial charge in [-0.15, -0.1) is 0 Å². The molecule has 1 fully saturated rings. The second-order valence-electron chi connectivity index (χ2n) is 6.39. The molecule has 0 spiro atoms. The van der Waals surface area contributed by atoms with Crippen molar-refractivity contribution >= 4 is 5.78 Å². The number of fused-ring (bicyclic) bond motifs is 1. The van der Waals surface area contributed by atoms with E-state index in [1.54, 1.807) is 7.11 Å². The Labute approximate surface area is 110 Å². The zero-order valence-electron chi connectivity index (χ0n) is 11.8. The van der Waals surface area contributed by atoms with Gasteiger partial charge in [0.05, 0.1) is 6.61 Å². The van der Waals surface area contributed by atoms with E-state index >= 15 is 0 Å². The van der Waals surface area contributed by atoms with Gasteiger partial charge in [0.25, 0.3) is 0 Å². The molecule has 0 aliphatic heterocycles. The molecule has 0 amide bonds. The van der Waals surface area contributed by atoms with Crippen LogP contribution in [0.25, 0.3) is 0 Å². The van der Waals surface area contributed by atoms with Gasteiger partial charge in [0, 0.05) is 19.1 Å². The predicted octanol–water partition coefficient (Wildman–Crippen LogP) is 3.53. The number of carbonyl (C=O) groups excluding carboxylic acids is 1. The van der Waals surface area contributed by atoms with Crippen LogP contribution in [0.1, 0.15) is 39.5 Å². The summed E-state index contributed by atoms with van der Waals surface area (Å²) in [7, 11) is 1.65. The van der Waals surface area contributed by atoms with Crippen LogP contribution in [0.15, 0.2) is 23.8 Å². The van der Waals surface area contributed by atoms with Gasteiger partial charge in [-0.1, -0.05) is 32.1 Å². The Balaban J connectivity index is 2.19. The topological polar surface area (TPSA) is 26.3 Å². The summed E-state index contributed by atoms with van der Waals surface area (Å²) in [6.07, 6.45) is 5.83.